The Morgan fingerprint density at radius 1 is 1.14 bits per heavy atom. The maximum absolute atomic E-state index is 13.1. The first-order valence-electron chi connectivity index (χ1n) is 9.66. The number of anilines is 2. The third-order valence-electron chi connectivity index (χ3n) is 5.49. The van der Waals surface area contributed by atoms with Crippen molar-refractivity contribution in [3.63, 3.8) is 0 Å². The molecule has 146 valence electrons. The van der Waals surface area contributed by atoms with E-state index in [1.807, 2.05) is 35.2 Å². The maximum atomic E-state index is 13.1. The molecular weight excluding hydrogens is 358 g/mol. The number of hydrogen-bond acceptors (Lipinski definition) is 5. The highest BCUT2D eigenvalue weighted by Gasteiger charge is 2.37. The number of para-hydroxylation sites is 1. The molecule has 7 heteroatoms. The van der Waals surface area contributed by atoms with Gasteiger partial charge in [-0.15, -0.1) is 0 Å². The standard InChI is InChI=1S/C21H23N3O4/c25-21(23-12-13-28-20-9-5-4-8-18(20)23)15-10-11-17(19(14-15)24(26)27)22-16-6-2-1-3-7-16/h1-3,6-7,10-11,14,18,20,22H,4-5,8-9,12-13H2/t18-,20+/m1/s1. The number of nitrogens with zero attached hydrogens (tertiary/aromatic N) is 2. The van der Waals surface area contributed by atoms with Crippen LogP contribution in [0.4, 0.5) is 17.1 Å². The molecule has 4 rings (SSSR count). The van der Waals surface area contributed by atoms with E-state index in [2.05, 4.69) is 5.32 Å². The number of amides is 1. The fraction of sp³-hybridized carbons (Fsp3) is 0.381. The lowest BCUT2D eigenvalue weighted by Gasteiger charge is -2.43. The fourth-order valence-corrected chi connectivity index (χ4v) is 4.11. The Labute approximate surface area is 163 Å². The smallest absolute Gasteiger partial charge is 0.293 e. The first-order chi connectivity index (χ1) is 13.6. The van der Waals surface area contributed by atoms with Crippen molar-refractivity contribution >= 4 is 23.0 Å². The van der Waals surface area contributed by atoms with Gasteiger partial charge in [-0.05, 0) is 37.1 Å². The molecule has 1 N–H and O–H groups in total. The number of fused-ring (bicyclic) bond motifs is 1. The monoisotopic (exact) mass is 381 g/mol. The number of carbonyl (C=O) groups excluding carboxylic acids is 1. The second-order valence-electron chi connectivity index (χ2n) is 7.24. The van der Waals surface area contributed by atoms with E-state index in [4.69, 9.17) is 4.74 Å². The van der Waals surface area contributed by atoms with Crippen LogP contribution in [0.5, 0.6) is 0 Å². The maximum Gasteiger partial charge on any atom is 0.293 e. The van der Waals surface area contributed by atoms with Crippen LogP contribution in [-0.4, -0.2) is 41.0 Å². The quantitative estimate of drug-likeness (QED) is 0.636. The molecule has 1 aliphatic carbocycles. The van der Waals surface area contributed by atoms with E-state index in [-0.39, 0.29) is 23.7 Å². The summed E-state index contributed by atoms with van der Waals surface area (Å²) < 4.78 is 5.83. The predicted molar refractivity (Wildman–Crippen MR) is 106 cm³/mol. The number of nitro benzene ring substituents is 1. The summed E-state index contributed by atoms with van der Waals surface area (Å²) in [5.41, 5.74) is 1.35. The first kappa shape index (κ1) is 18.4. The molecule has 0 bridgehead atoms. The highest BCUT2D eigenvalue weighted by molar-refractivity contribution is 5.96. The van der Waals surface area contributed by atoms with Crippen LogP contribution >= 0.6 is 0 Å². The summed E-state index contributed by atoms with van der Waals surface area (Å²) in [6.07, 6.45) is 4.17. The summed E-state index contributed by atoms with van der Waals surface area (Å²) in [7, 11) is 0. The van der Waals surface area contributed by atoms with E-state index in [1.54, 1.807) is 12.1 Å². The van der Waals surface area contributed by atoms with E-state index in [9.17, 15) is 14.9 Å². The third kappa shape index (κ3) is 3.71. The van der Waals surface area contributed by atoms with E-state index in [1.165, 1.54) is 6.07 Å². The molecule has 28 heavy (non-hydrogen) atoms. The second-order valence-corrected chi connectivity index (χ2v) is 7.24. The van der Waals surface area contributed by atoms with Gasteiger partial charge in [0.1, 0.15) is 5.69 Å². The number of ether oxygens (including phenoxy) is 1. The van der Waals surface area contributed by atoms with Crippen molar-refractivity contribution in [3.8, 4) is 0 Å². The zero-order chi connectivity index (χ0) is 19.5. The molecule has 1 heterocycles. The molecule has 2 aromatic rings. The number of hydrogen-bond donors (Lipinski definition) is 1. The van der Waals surface area contributed by atoms with Gasteiger partial charge >= 0.3 is 0 Å². The number of rotatable bonds is 4. The second kappa shape index (κ2) is 7.98. The van der Waals surface area contributed by atoms with Crippen molar-refractivity contribution in [2.24, 2.45) is 0 Å². The van der Waals surface area contributed by atoms with Gasteiger partial charge in [-0.25, -0.2) is 0 Å². The lowest BCUT2D eigenvalue weighted by Crippen LogP contribution is -2.54. The molecule has 1 saturated carbocycles. The summed E-state index contributed by atoms with van der Waals surface area (Å²) in [6, 6.07) is 14.0. The zero-order valence-corrected chi connectivity index (χ0v) is 15.5. The molecule has 2 aliphatic rings. The molecule has 7 nitrogen and oxygen atoms in total. The van der Waals surface area contributed by atoms with Gasteiger partial charge in [0.2, 0.25) is 0 Å². The van der Waals surface area contributed by atoms with Crippen molar-refractivity contribution < 1.29 is 14.5 Å². The Morgan fingerprint density at radius 3 is 2.71 bits per heavy atom. The van der Waals surface area contributed by atoms with Crippen LogP contribution in [0, 0.1) is 10.1 Å². The lowest BCUT2D eigenvalue weighted by molar-refractivity contribution is -0.383. The number of nitro groups is 1. The van der Waals surface area contributed by atoms with Crippen molar-refractivity contribution in [1.29, 1.82) is 0 Å². The Balaban J connectivity index is 1.60. The molecule has 2 aromatic carbocycles. The van der Waals surface area contributed by atoms with Crippen LogP contribution in [0.15, 0.2) is 48.5 Å². The van der Waals surface area contributed by atoms with Gasteiger partial charge in [-0.2, -0.15) is 0 Å². The number of benzene rings is 2. The Kier molecular flexibility index (Phi) is 5.25. The first-order valence-corrected chi connectivity index (χ1v) is 9.66. The van der Waals surface area contributed by atoms with E-state index in [0.29, 0.717) is 24.4 Å². The van der Waals surface area contributed by atoms with Gasteiger partial charge in [0.15, 0.2) is 0 Å². The minimum atomic E-state index is -0.454. The van der Waals surface area contributed by atoms with Gasteiger partial charge in [-0.3, -0.25) is 14.9 Å². The van der Waals surface area contributed by atoms with Crippen molar-refractivity contribution in [3.05, 3.63) is 64.2 Å². The van der Waals surface area contributed by atoms with Gasteiger partial charge in [0.25, 0.3) is 11.6 Å². The molecule has 0 aromatic heterocycles. The predicted octanol–water partition coefficient (Wildman–Crippen LogP) is 4.12. The summed E-state index contributed by atoms with van der Waals surface area (Å²) in [5, 5.41) is 14.7. The van der Waals surface area contributed by atoms with Gasteiger partial charge < -0.3 is 15.0 Å². The van der Waals surface area contributed by atoms with Crippen LogP contribution < -0.4 is 5.32 Å². The van der Waals surface area contributed by atoms with Crippen molar-refractivity contribution in [2.45, 2.75) is 37.8 Å². The average Bonchev–Trinajstić information content (AvgIpc) is 2.73. The van der Waals surface area contributed by atoms with Crippen LogP contribution in [0.3, 0.4) is 0 Å². The summed E-state index contributed by atoms with van der Waals surface area (Å²) in [6.45, 7) is 1.04. The fourth-order valence-electron chi connectivity index (χ4n) is 4.11. The van der Waals surface area contributed by atoms with Gasteiger partial charge in [0, 0.05) is 23.9 Å². The highest BCUT2D eigenvalue weighted by atomic mass is 16.6. The highest BCUT2D eigenvalue weighted by Crippen LogP contribution is 2.32. The van der Waals surface area contributed by atoms with E-state index < -0.39 is 4.92 Å². The van der Waals surface area contributed by atoms with Crippen LogP contribution in [0.2, 0.25) is 0 Å². The van der Waals surface area contributed by atoms with Crippen LogP contribution in [0.25, 0.3) is 0 Å². The number of morpholine rings is 1. The summed E-state index contributed by atoms with van der Waals surface area (Å²) in [5.74, 6) is -0.158. The molecular formula is C21H23N3O4. The normalized spacial score (nSPS) is 21.6. The molecule has 2 atom stereocenters. The van der Waals surface area contributed by atoms with Crippen molar-refractivity contribution in [2.75, 3.05) is 18.5 Å². The van der Waals surface area contributed by atoms with Crippen LogP contribution in [0.1, 0.15) is 36.0 Å². The third-order valence-corrected chi connectivity index (χ3v) is 5.49. The summed E-state index contributed by atoms with van der Waals surface area (Å²) in [4.78, 5) is 26.1. The molecule has 1 saturated heterocycles. The molecule has 2 fully saturated rings. The molecule has 0 unspecified atom stereocenters. The number of nitrogens with one attached hydrogen (secondary N) is 1. The van der Waals surface area contributed by atoms with E-state index in [0.717, 1.165) is 31.4 Å². The zero-order valence-electron chi connectivity index (χ0n) is 15.5. The topological polar surface area (TPSA) is 84.7 Å². The van der Waals surface area contributed by atoms with E-state index >= 15 is 0 Å². The Bertz CT molecular complexity index is 869. The molecule has 1 aliphatic heterocycles. The molecule has 0 radical (unpaired) electrons. The van der Waals surface area contributed by atoms with Gasteiger partial charge in [-0.1, -0.05) is 31.0 Å². The van der Waals surface area contributed by atoms with Gasteiger partial charge in [0.05, 0.1) is 23.7 Å². The Morgan fingerprint density at radius 2 is 1.93 bits per heavy atom. The Hall–Kier alpha value is -2.93. The molecule has 1 amide bonds. The number of carbonyl (C=O) groups is 1. The average molecular weight is 381 g/mol. The molecule has 0 spiro atoms. The van der Waals surface area contributed by atoms with Crippen molar-refractivity contribution in [1.82, 2.24) is 4.90 Å². The SMILES string of the molecule is O=C(c1ccc(Nc2ccccc2)c([N+](=O)[O-])c1)N1CCO[C@H]2CCCC[C@H]21. The largest absolute Gasteiger partial charge is 0.374 e. The summed E-state index contributed by atoms with van der Waals surface area (Å²) >= 11 is 0. The minimum absolute atomic E-state index is 0.0659. The minimum Gasteiger partial charge on any atom is -0.374 e. The van der Waals surface area contributed by atoms with Crippen LogP contribution in [-0.2, 0) is 4.74 Å². The lowest BCUT2D eigenvalue weighted by atomic mass is 9.89.